The van der Waals surface area contributed by atoms with Crippen molar-refractivity contribution in [2.45, 2.75) is 20.8 Å². The number of fused-ring (bicyclic) bond motifs is 1. The lowest BCUT2D eigenvalue weighted by Crippen LogP contribution is -2.03. The molecule has 6 heteroatoms. The molecule has 0 aliphatic heterocycles. The van der Waals surface area contributed by atoms with Crippen molar-refractivity contribution in [1.29, 1.82) is 10.5 Å². The maximum atomic E-state index is 9.60. The Balaban J connectivity index is 2.23. The summed E-state index contributed by atoms with van der Waals surface area (Å²) in [6.45, 7) is 6.11. The molecule has 0 atom stereocenters. The van der Waals surface area contributed by atoms with Crippen LogP contribution >= 0.6 is 11.6 Å². The highest BCUT2D eigenvalue weighted by Gasteiger charge is 2.29. The number of benzene rings is 1. The monoisotopic (exact) mass is 376 g/mol. The fourth-order valence-electron chi connectivity index (χ4n) is 3.24. The minimum absolute atomic E-state index is 0.139. The molecule has 0 spiro atoms. The molecule has 1 aromatic carbocycles. The number of halogens is 1. The molecule has 1 heterocycles. The highest BCUT2D eigenvalue weighted by Crippen LogP contribution is 2.44. The number of allylic oxidation sites excluding steroid dienone is 3. The first-order chi connectivity index (χ1) is 12.9. The summed E-state index contributed by atoms with van der Waals surface area (Å²) in [5.74, 6) is 0.759. The lowest BCUT2D eigenvalue weighted by atomic mass is 9.95. The van der Waals surface area contributed by atoms with E-state index < -0.39 is 0 Å². The van der Waals surface area contributed by atoms with Crippen molar-refractivity contribution in [3.63, 3.8) is 0 Å². The second kappa shape index (κ2) is 7.15. The summed E-state index contributed by atoms with van der Waals surface area (Å²) in [6, 6.07) is 9.82. The third-order valence-electron chi connectivity index (χ3n) is 4.55. The van der Waals surface area contributed by atoms with E-state index in [9.17, 15) is 10.5 Å². The molecule has 0 fully saturated rings. The molecular weight excluding hydrogens is 360 g/mol. The van der Waals surface area contributed by atoms with Crippen LogP contribution in [0.15, 0.2) is 23.8 Å². The number of nitrogen functional groups attached to an aromatic ring is 1. The highest BCUT2D eigenvalue weighted by atomic mass is 35.5. The Morgan fingerprint density at radius 3 is 2.59 bits per heavy atom. The molecule has 0 saturated carbocycles. The summed E-state index contributed by atoms with van der Waals surface area (Å²) in [5.41, 5.74) is 11.2. The fourth-order valence-corrected chi connectivity index (χ4v) is 3.49. The second-order valence-electron chi connectivity index (χ2n) is 6.13. The number of aromatic nitrogens is 1. The predicted molar refractivity (Wildman–Crippen MR) is 107 cm³/mol. The number of rotatable bonds is 3. The average molecular weight is 377 g/mol. The molecule has 1 aliphatic rings. The Bertz CT molecular complexity index is 1100. The van der Waals surface area contributed by atoms with E-state index >= 15 is 0 Å². The number of nitriles is 2. The number of pyridine rings is 1. The molecule has 0 saturated heterocycles. The number of hydrogen-bond donors (Lipinski definition) is 1. The van der Waals surface area contributed by atoms with Gasteiger partial charge in [0.25, 0.3) is 0 Å². The van der Waals surface area contributed by atoms with Crippen molar-refractivity contribution in [2.75, 3.05) is 12.3 Å². The number of hydrogen-bond acceptors (Lipinski definition) is 5. The summed E-state index contributed by atoms with van der Waals surface area (Å²) >= 11 is 6.30. The summed E-state index contributed by atoms with van der Waals surface area (Å²) in [5, 5.41) is 19.5. The molecule has 0 amide bonds. The van der Waals surface area contributed by atoms with Crippen LogP contribution in [0.25, 0.3) is 17.2 Å². The highest BCUT2D eigenvalue weighted by molar-refractivity contribution is 6.32. The molecule has 1 aliphatic carbocycles. The van der Waals surface area contributed by atoms with Gasteiger partial charge in [0.2, 0.25) is 0 Å². The first kappa shape index (κ1) is 18.5. The molecule has 0 bridgehead atoms. The molecule has 1 aromatic heterocycles. The quantitative estimate of drug-likeness (QED) is 0.833. The Morgan fingerprint density at radius 2 is 2.00 bits per heavy atom. The van der Waals surface area contributed by atoms with Crippen molar-refractivity contribution >= 4 is 34.6 Å². The van der Waals surface area contributed by atoms with Crippen LogP contribution in [0.4, 0.5) is 5.82 Å². The zero-order valence-electron chi connectivity index (χ0n) is 15.2. The van der Waals surface area contributed by atoms with E-state index in [2.05, 4.69) is 17.1 Å². The Hall–Kier alpha value is -3.28. The van der Waals surface area contributed by atoms with Crippen LogP contribution in [0.2, 0.25) is 5.02 Å². The standard InChI is InChI=1S/C21H17ClN4O/c1-4-27-18-6-5-13(8-17(18)22)7-14-11(2)15(9-23)20-19(14)12(3)16(10-24)21(25)26-20/h5-8H,4H2,1-3H3,(H2,25,26)/b14-7+. The van der Waals surface area contributed by atoms with Crippen LogP contribution in [0.5, 0.6) is 5.75 Å². The lowest BCUT2D eigenvalue weighted by molar-refractivity contribution is 0.340. The van der Waals surface area contributed by atoms with E-state index in [1.54, 1.807) is 0 Å². The Kier molecular flexibility index (Phi) is 4.90. The average Bonchev–Trinajstić information content (AvgIpc) is 2.89. The lowest BCUT2D eigenvalue weighted by Gasteiger charge is -2.11. The van der Waals surface area contributed by atoms with Gasteiger partial charge in [0.15, 0.2) is 0 Å². The van der Waals surface area contributed by atoms with Crippen LogP contribution in [-0.4, -0.2) is 11.6 Å². The van der Waals surface area contributed by atoms with Crippen LogP contribution < -0.4 is 10.5 Å². The zero-order chi connectivity index (χ0) is 19.7. The first-order valence-electron chi connectivity index (χ1n) is 8.39. The van der Waals surface area contributed by atoms with Gasteiger partial charge < -0.3 is 10.5 Å². The van der Waals surface area contributed by atoms with E-state index in [1.165, 1.54) is 0 Å². The summed E-state index contributed by atoms with van der Waals surface area (Å²) in [6.07, 6.45) is 1.94. The largest absolute Gasteiger partial charge is 0.492 e. The molecule has 2 N–H and O–H groups in total. The number of ether oxygens (including phenoxy) is 1. The topological polar surface area (TPSA) is 95.7 Å². The third kappa shape index (κ3) is 3.03. The maximum Gasteiger partial charge on any atom is 0.142 e. The maximum absolute atomic E-state index is 9.60. The van der Waals surface area contributed by atoms with E-state index in [0.29, 0.717) is 39.8 Å². The second-order valence-corrected chi connectivity index (χ2v) is 6.53. The third-order valence-corrected chi connectivity index (χ3v) is 4.85. The van der Waals surface area contributed by atoms with Gasteiger partial charge in [-0.3, -0.25) is 0 Å². The van der Waals surface area contributed by atoms with Crippen molar-refractivity contribution in [3.8, 4) is 17.9 Å². The number of nitrogens with zero attached hydrogens (tertiary/aromatic N) is 3. The van der Waals surface area contributed by atoms with Crippen LogP contribution in [0.1, 0.15) is 41.8 Å². The smallest absolute Gasteiger partial charge is 0.142 e. The molecule has 0 unspecified atom stereocenters. The van der Waals surface area contributed by atoms with E-state index in [1.807, 2.05) is 45.0 Å². The number of nitrogens with two attached hydrogens (primary N) is 1. The van der Waals surface area contributed by atoms with E-state index in [0.717, 1.165) is 22.3 Å². The molecule has 134 valence electrons. The van der Waals surface area contributed by atoms with Gasteiger partial charge in [-0.25, -0.2) is 4.98 Å². The van der Waals surface area contributed by atoms with Gasteiger partial charge in [0.1, 0.15) is 23.7 Å². The molecule has 3 rings (SSSR count). The summed E-state index contributed by atoms with van der Waals surface area (Å²) in [4.78, 5) is 4.32. The van der Waals surface area contributed by atoms with Crippen LogP contribution in [-0.2, 0) is 0 Å². The Morgan fingerprint density at radius 1 is 1.26 bits per heavy atom. The van der Waals surface area contributed by atoms with E-state index in [-0.39, 0.29) is 5.82 Å². The van der Waals surface area contributed by atoms with Crippen molar-refractivity contribution < 1.29 is 4.74 Å². The predicted octanol–water partition coefficient (Wildman–Crippen LogP) is 4.75. The fraction of sp³-hybridized carbons (Fsp3) is 0.190. The number of anilines is 1. The van der Waals surface area contributed by atoms with Gasteiger partial charge in [-0.2, -0.15) is 10.5 Å². The molecule has 27 heavy (non-hydrogen) atoms. The van der Waals surface area contributed by atoms with Crippen molar-refractivity contribution in [2.24, 2.45) is 0 Å². The van der Waals surface area contributed by atoms with Gasteiger partial charge >= 0.3 is 0 Å². The summed E-state index contributed by atoms with van der Waals surface area (Å²) < 4.78 is 5.47. The SMILES string of the molecule is CCOc1ccc(/C=C2\C(C)=C(C#N)c3nc(N)c(C#N)c(C)c32)cc1Cl. The zero-order valence-corrected chi connectivity index (χ0v) is 16.0. The Labute approximate surface area is 163 Å². The molecule has 5 nitrogen and oxygen atoms in total. The van der Waals surface area contributed by atoms with Gasteiger partial charge in [0.05, 0.1) is 28.5 Å². The first-order valence-corrected chi connectivity index (χ1v) is 8.77. The van der Waals surface area contributed by atoms with Gasteiger partial charge in [-0.15, -0.1) is 0 Å². The molecule has 0 radical (unpaired) electrons. The minimum Gasteiger partial charge on any atom is -0.492 e. The normalized spacial score (nSPS) is 14.1. The van der Waals surface area contributed by atoms with Gasteiger partial charge in [-0.05, 0) is 61.3 Å². The molecular formula is C21H17ClN4O. The minimum atomic E-state index is 0.139. The van der Waals surface area contributed by atoms with Crippen LogP contribution in [0.3, 0.4) is 0 Å². The van der Waals surface area contributed by atoms with Crippen LogP contribution in [0, 0.1) is 29.6 Å². The van der Waals surface area contributed by atoms with Gasteiger partial charge in [-0.1, -0.05) is 17.7 Å². The van der Waals surface area contributed by atoms with Gasteiger partial charge in [0, 0.05) is 5.56 Å². The van der Waals surface area contributed by atoms with Crippen molar-refractivity contribution in [3.05, 3.63) is 56.7 Å². The van der Waals surface area contributed by atoms with Crippen molar-refractivity contribution in [1.82, 2.24) is 4.98 Å². The molecule has 2 aromatic rings. The summed E-state index contributed by atoms with van der Waals surface area (Å²) in [7, 11) is 0. The van der Waals surface area contributed by atoms with E-state index in [4.69, 9.17) is 22.1 Å².